The molecule has 7 heavy (non-hydrogen) atoms. The molecule has 39 valence electrons. The molecule has 0 aliphatic rings. The molecule has 0 unspecified atom stereocenters. The van der Waals surface area contributed by atoms with Crippen LogP contribution in [0.15, 0.2) is 0 Å². The van der Waals surface area contributed by atoms with E-state index in [1.807, 2.05) is 0 Å². The molecule has 0 saturated heterocycles. The molecule has 0 aromatic rings. The van der Waals surface area contributed by atoms with Crippen LogP contribution in [0.25, 0.3) is 0 Å². The quantitative estimate of drug-likeness (QED) is 0.341. The molecule has 4 nitrogen and oxygen atoms in total. The fourth-order valence-corrected chi connectivity index (χ4v) is 0. The van der Waals surface area contributed by atoms with Crippen molar-refractivity contribution in [3.63, 3.8) is 0 Å². The Labute approximate surface area is 77.8 Å². The van der Waals surface area contributed by atoms with Crippen LogP contribution in [-0.4, -0.2) is 0 Å². The van der Waals surface area contributed by atoms with Gasteiger partial charge in [-0.15, -0.1) is 0 Å². The van der Waals surface area contributed by atoms with Crippen molar-refractivity contribution in [1.29, 1.82) is 0 Å². The summed E-state index contributed by atoms with van der Waals surface area (Å²) in [5.41, 5.74) is 0. The van der Waals surface area contributed by atoms with Gasteiger partial charge in [0.25, 0.3) is 0 Å². The van der Waals surface area contributed by atoms with Crippen LogP contribution in [0.2, 0.25) is 0 Å². The van der Waals surface area contributed by atoms with E-state index in [4.69, 9.17) is 14.0 Å². The second-order valence-corrected chi connectivity index (χ2v) is 0.567. The summed E-state index contributed by atoms with van der Waals surface area (Å²) < 4.78 is 25.2. The van der Waals surface area contributed by atoms with Gasteiger partial charge in [-0.3, -0.25) is 0 Å². The zero-order valence-electron chi connectivity index (χ0n) is 3.46. The Kier molecular flexibility index (Phi) is 52.2. The summed E-state index contributed by atoms with van der Waals surface area (Å²) >= 11 is 0. The van der Waals surface area contributed by atoms with Crippen LogP contribution in [-0.2, 0) is 24.0 Å². The van der Waals surface area contributed by atoms with E-state index in [1.54, 1.807) is 0 Å². The minimum atomic E-state index is -2.85. The zero-order valence-corrected chi connectivity index (χ0v) is 7.61. The predicted octanol–water partition coefficient (Wildman–Crippen LogP) is -6.68. The van der Waals surface area contributed by atoms with E-state index in [0.29, 0.717) is 0 Å². The van der Waals surface area contributed by atoms with Gasteiger partial charge in [-0.2, -0.15) is 0 Å². The van der Waals surface area contributed by atoms with E-state index in [-0.39, 0.29) is 53.6 Å². The van der Waals surface area contributed by atoms with Gasteiger partial charge >= 0.3 is 29.6 Å². The summed E-state index contributed by atoms with van der Waals surface area (Å²) in [6.45, 7) is 0. The third-order valence-electron chi connectivity index (χ3n) is 0. The standard InChI is InChI=1S/ClO3.Na.O.V/c2-1(3)4;;;/q-1;+1;-2;. The zero-order chi connectivity index (χ0) is 3.58. The van der Waals surface area contributed by atoms with Crippen molar-refractivity contribution in [3.05, 3.63) is 0 Å². The summed E-state index contributed by atoms with van der Waals surface area (Å²) in [6, 6.07) is 0. The smallest absolute Gasteiger partial charge is 1.00 e. The van der Waals surface area contributed by atoms with Crippen molar-refractivity contribution in [3.8, 4) is 0 Å². The van der Waals surface area contributed by atoms with Crippen LogP contribution < -0.4 is 43.5 Å². The van der Waals surface area contributed by atoms with Crippen LogP contribution in [0.5, 0.6) is 0 Å². The summed E-state index contributed by atoms with van der Waals surface area (Å²) in [7, 11) is -2.85. The molecule has 0 N–H and O–H groups in total. The van der Waals surface area contributed by atoms with Crippen LogP contribution in [0.1, 0.15) is 0 Å². The van der Waals surface area contributed by atoms with Gasteiger partial charge in [0.1, 0.15) is 0 Å². The minimum Gasteiger partial charge on any atom is -2.00 e. The van der Waals surface area contributed by atoms with E-state index < -0.39 is 10.8 Å². The maximum absolute atomic E-state index is 8.41. The van der Waals surface area contributed by atoms with Crippen LogP contribution in [0.3, 0.4) is 0 Å². The van der Waals surface area contributed by atoms with Crippen LogP contribution in [0, 0.1) is 10.8 Å². The number of hydrogen-bond donors (Lipinski definition) is 0. The van der Waals surface area contributed by atoms with Gasteiger partial charge in [-0.25, -0.2) is 0 Å². The van der Waals surface area contributed by atoms with Crippen molar-refractivity contribution in [1.82, 2.24) is 0 Å². The molecule has 0 fully saturated rings. The summed E-state index contributed by atoms with van der Waals surface area (Å²) in [6.07, 6.45) is 0. The van der Waals surface area contributed by atoms with E-state index in [9.17, 15) is 0 Å². The summed E-state index contributed by atoms with van der Waals surface area (Å²) in [5.74, 6) is 0. The molecular weight excluding hydrogens is 173 g/mol. The van der Waals surface area contributed by atoms with Gasteiger partial charge in [0.05, 0.1) is 10.8 Å². The Balaban J connectivity index is -0.0000000150. The van der Waals surface area contributed by atoms with Crippen LogP contribution in [0.4, 0.5) is 0 Å². The SMILES string of the molecule is [Na+].[O-2].[O-][Cl+2]([O-])[O-].[V]. The number of hydrogen-bond acceptors (Lipinski definition) is 3. The van der Waals surface area contributed by atoms with Gasteiger partial charge in [-0.1, -0.05) is 0 Å². The largest absolute Gasteiger partial charge is 2.00 e. The van der Waals surface area contributed by atoms with Crippen molar-refractivity contribution < 1.29 is 78.4 Å². The summed E-state index contributed by atoms with van der Waals surface area (Å²) in [5, 5.41) is 0. The first-order valence-corrected chi connectivity index (χ1v) is 1.39. The molecule has 0 aromatic heterocycles. The molecule has 1 radical (unpaired) electrons. The number of halogens is 1. The van der Waals surface area contributed by atoms with Gasteiger partial charge in [-0.05, 0) is 0 Å². The number of rotatable bonds is 0. The van der Waals surface area contributed by atoms with Crippen LogP contribution >= 0.6 is 0 Å². The van der Waals surface area contributed by atoms with Crippen molar-refractivity contribution >= 4 is 0 Å². The van der Waals surface area contributed by atoms with Gasteiger partial charge in [0, 0.05) is 18.6 Å². The Morgan fingerprint density at radius 1 is 1.00 bits per heavy atom. The molecule has 0 saturated carbocycles. The van der Waals surface area contributed by atoms with E-state index in [0.717, 1.165) is 0 Å². The summed E-state index contributed by atoms with van der Waals surface area (Å²) in [4.78, 5) is 0. The fourth-order valence-electron chi connectivity index (χ4n) is 0. The van der Waals surface area contributed by atoms with Crippen molar-refractivity contribution in [2.45, 2.75) is 0 Å². The Morgan fingerprint density at radius 3 is 1.00 bits per heavy atom. The average Bonchev–Trinajstić information content (AvgIpc) is 0.811. The Morgan fingerprint density at radius 2 is 1.00 bits per heavy atom. The van der Waals surface area contributed by atoms with E-state index in [1.165, 1.54) is 0 Å². The van der Waals surface area contributed by atoms with Gasteiger partial charge in [0.2, 0.25) is 0 Å². The molecule has 0 aliphatic carbocycles. The van der Waals surface area contributed by atoms with E-state index in [2.05, 4.69) is 0 Å². The average molecular weight is 173 g/mol. The first-order valence-electron chi connectivity index (χ1n) is 0.463. The second-order valence-electron chi connectivity index (χ2n) is 0.189. The third kappa shape index (κ3) is 85.7. The molecular formula is ClNaO4V-2. The molecule has 0 rings (SSSR count). The normalized spacial score (nSPS) is 5.14. The Bertz CT molecular complexity index is 16.4. The minimum absolute atomic E-state index is 0. The third-order valence-corrected chi connectivity index (χ3v) is 0. The monoisotopic (exact) mass is 173 g/mol. The maximum Gasteiger partial charge on any atom is 1.00 e. The second kappa shape index (κ2) is 15.6. The maximum atomic E-state index is 8.41. The first-order chi connectivity index (χ1) is 1.73. The molecule has 0 bridgehead atoms. The Hall–Kier alpha value is 1.71. The molecule has 0 aromatic carbocycles. The molecule has 0 heterocycles. The van der Waals surface area contributed by atoms with Crippen molar-refractivity contribution in [2.24, 2.45) is 0 Å². The van der Waals surface area contributed by atoms with Gasteiger partial charge in [0.15, 0.2) is 0 Å². The molecule has 0 spiro atoms. The first kappa shape index (κ1) is 23.3. The molecule has 0 amide bonds. The predicted molar refractivity (Wildman–Crippen MR) is 0.686 cm³/mol. The van der Waals surface area contributed by atoms with Crippen molar-refractivity contribution in [2.75, 3.05) is 0 Å². The molecule has 0 atom stereocenters. The molecule has 7 heteroatoms. The fraction of sp³-hybridized carbons (Fsp3) is 0. The van der Waals surface area contributed by atoms with Gasteiger partial charge < -0.3 is 19.5 Å². The topological polar surface area (TPSA) is 97.7 Å². The van der Waals surface area contributed by atoms with E-state index >= 15 is 0 Å². The molecule has 0 aliphatic heterocycles.